The van der Waals surface area contributed by atoms with Gasteiger partial charge in [-0.3, -0.25) is 4.79 Å². The van der Waals surface area contributed by atoms with Crippen molar-refractivity contribution < 1.29 is 9.21 Å². The summed E-state index contributed by atoms with van der Waals surface area (Å²) in [6.07, 6.45) is 0. The number of fused-ring (bicyclic) bond motifs is 3. The van der Waals surface area contributed by atoms with Gasteiger partial charge in [-0.25, -0.2) is 0 Å². The molecular formula is C21H16ClNO2S. The molecule has 0 aliphatic carbocycles. The highest BCUT2D eigenvalue weighted by Gasteiger charge is 2.15. The third-order valence-corrected chi connectivity index (χ3v) is 5.51. The Hall–Kier alpha value is -2.43. The van der Waals surface area contributed by atoms with Crippen LogP contribution in [0, 0.1) is 0 Å². The second-order valence-corrected chi connectivity index (χ2v) is 7.86. The number of carbonyl (C=O) groups is 1. The number of anilines is 1. The largest absolute Gasteiger partial charge is 0.456 e. The number of thioether (sulfide) groups is 1. The van der Waals surface area contributed by atoms with E-state index >= 15 is 0 Å². The summed E-state index contributed by atoms with van der Waals surface area (Å²) in [6, 6.07) is 21.1. The summed E-state index contributed by atoms with van der Waals surface area (Å²) in [7, 11) is 0. The molecule has 4 aromatic rings. The molecule has 0 bridgehead atoms. The lowest BCUT2D eigenvalue weighted by Gasteiger charge is -2.12. The first kappa shape index (κ1) is 17.0. The van der Waals surface area contributed by atoms with Gasteiger partial charge in [0.25, 0.3) is 0 Å². The van der Waals surface area contributed by atoms with Gasteiger partial charge in [0, 0.05) is 32.4 Å². The van der Waals surface area contributed by atoms with E-state index in [2.05, 4.69) is 5.32 Å². The van der Waals surface area contributed by atoms with Crippen LogP contribution in [0.15, 0.2) is 76.0 Å². The number of rotatable bonds is 4. The van der Waals surface area contributed by atoms with Crippen LogP contribution >= 0.6 is 23.4 Å². The third kappa shape index (κ3) is 3.43. The Morgan fingerprint density at radius 2 is 1.73 bits per heavy atom. The van der Waals surface area contributed by atoms with Gasteiger partial charge in [-0.15, -0.1) is 11.8 Å². The molecule has 0 unspecified atom stereocenters. The minimum atomic E-state index is -0.234. The van der Waals surface area contributed by atoms with Crippen molar-refractivity contribution in [3.8, 4) is 0 Å². The third-order valence-electron chi connectivity index (χ3n) is 4.14. The van der Waals surface area contributed by atoms with Gasteiger partial charge in [0.15, 0.2) is 0 Å². The summed E-state index contributed by atoms with van der Waals surface area (Å²) < 4.78 is 5.87. The Kier molecular flexibility index (Phi) is 4.62. The fourth-order valence-corrected chi connectivity index (χ4v) is 3.81. The van der Waals surface area contributed by atoms with Gasteiger partial charge in [0.05, 0.1) is 5.25 Å². The van der Waals surface area contributed by atoms with Crippen LogP contribution in [0.2, 0.25) is 5.02 Å². The van der Waals surface area contributed by atoms with E-state index in [-0.39, 0.29) is 11.2 Å². The summed E-state index contributed by atoms with van der Waals surface area (Å²) in [4.78, 5) is 13.5. The zero-order chi connectivity index (χ0) is 18.1. The Balaban J connectivity index is 1.51. The predicted molar refractivity (Wildman–Crippen MR) is 109 cm³/mol. The number of benzene rings is 3. The van der Waals surface area contributed by atoms with Crippen molar-refractivity contribution in [2.75, 3.05) is 5.32 Å². The molecule has 0 saturated carbocycles. The minimum absolute atomic E-state index is 0.0552. The lowest BCUT2D eigenvalue weighted by Crippen LogP contribution is -2.22. The molecule has 1 N–H and O–H groups in total. The second-order valence-electron chi connectivity index (χ2n) is 6.01. The Bertz CT molecular complexity index is 1090. The van der Waals surface area contributed by atoms with Crippen LogP contribution in [0.3, 0.4) is 0 Å². The monoisotopic (exact) mass is 381 g/mol. The number of amides is 1. The second kappa shape index (κ2) is 7.06. The van der Waals surface area contributed by atoms with Gasteiger partial charge < -0.3 is 9.73 Å². The first-order chi connectivity index (χ1) is 12.6. The Morgan fingerprint density at radius 1 is 1.00 bits per heavy atom. The quantitative estimate of drug-likeness (QED) is 0.418. The van der Waals surface area contributed by atoms with E-state index in [1.54, 1.807) is 0 Å². The van der Waals surface area contributed by atoms with Gasteiger partial charge in [-0.2, -0.15) is 0 Å². The molecule has 0 fully saturated rings. The summed E-state index contributed by atoms with van der Waals surface area (Å²) in [5.41, 5.74) is 2.34. The molecule has 3 nitrogen and oxygen atoms in total. The summed E-state index contributed by atoms with van der Waals surface area (Å²) in [5.74, 6) is -0.0552. The maximum atomic E-state index is 12.5. The van der Waals surface area contributed by atoms with Crippen molar-refractivity contribution in [2.45, 2.75) is 17.1 Å². The molecule has 1 aromatic heterocycles. The lowest BCUT2D eigenvalue weighted by molar-refractivity contribution is -0.115. The van der Waals surface area contributed by atoms with Crippen molar-refractivity contribution in [1.82, 2.24) is 0 Å². The molecule has 130 valence electrons. The van der Waals surface area contributed by atoms with E-state index in [1.807, 2.05) is 73.7 Å². The Morgan fingerprint density at radius 3 is 2.54 bits per heavy atom. The molecule has 1 heterocycles. The van der Waals surface area contributed by atoms with Crippen molar-refractivity contribution >= 4 is 56.9 Å². The van der Waals surface area contributed by atoms with Crippen LogP contribution in [0.25, 0.3) is 21.9 Å². The number of carbonyl (C=O) groups excluding carboxylic acids is 1. The highest BCUT2D eigenvalue weighted by Crippen LogP contribution is 2.31. The molecule has 0 aliphatic heterocycles. The average Bonchev–Trinajstić information content (AvgIpc) is 3.01. The summed E-state index contributed by atoms with van der Waals surface area (Å²) >= 11 is 7.39. The molecule has 1 amide bonds. The minimum Gasteiger partial charge on any atom is -0.456 e. The van der Waals surface area contributed by atoms with E-state index in [4.69, 9.17) is 16.0 Å². The highest BCUT2D eigenvalue weighted by atomic mass is 35.5. The van der Waals surface area contributed by atoms with E-state index < -0.39 is 0 Å². The molecule has 0 saturated heterocycles. The molecule has 5 heteroatoms. The lowest BCUT2D eigenvalue weighted by atomic mass is 10.1. The average molecular weight is 382 g/mol. The molecular weight excluding hydrogens is 366 g/mol. The molecule has 26 heavy (non-hydrogen) atoms. The molecule has 3 aromatic carbocycles. The van der Waals surface area contributed by atoms with Gasteiger partial charge >= 0.3 is 0 Å². The topological polar surface area (TPSA) is 42.2 Å². The van der Waals surface area contributed by atoms with Gasteiger partial charge in [-0.05, 0) is 49.4 Å². The van der Waals surface area contributed by atoms with Gasteiger partial charge in [0.2, 0.25) is 5.91 Å². The fourth-order valence-electron chi connectivity index (χ4n) is 2.82. The van der Waals surface area contributed by atoms with Crippen LogP contribution < -0.4 is 5.32 Å². The molecule has 0 radical (unpaired) electrons. The van der Waals surface area contributed by atoms with E-state index in [9.17, 15) is 4.79 Å². The normalized spacial score (nSPS) is 12.4. The number of halogens is 1. The van der Waals surface area contributed by atoms with E-state index in [1.165, 1.54) is 11.8 Å². The van der Waals surface area contributed by atoms with Crippen LogP contribution in [-0.2, 0) is 4.79 Å². The molecule has 0 spiro atoms. The van der Waals surface area contributed by atoms with Crippen LogP contribution in [0.4, 0.5) is 5.69 Å². The van der Waals surface area contributed by atoms with E-state index in [0.29, 0.717) is 5.02 Å². The van der Waals surface area contributed by atoms with Crippen molar-refractivity contribution in [3.63, 3.8) is 0 Å². The van der Waals surface area contributed by atoms with Crippen LogP contribution in [0.5, 0.6) is 0 Å². The smallest absolute Gasteiger partial charge is 0.237 e. The first-order valence-corrected chi connectivity index (χ1v) is 9.50. The molecule has 4 rings (SSSR count). The number of nitrogens with one attached hydrogen (secondary N) is 1. The number of furan rings is 1. The number of hydrogen-bond donors (Lipinski definition) is 1. The fraction of sp³-hybridized carbons (Fsp3) is 0.0952. The number of para-hydroxylation sites is 1. The van der Waals surface area contributed by atoms with Crippen molar-refractivity contribution in [2.24, 2.45) is 0 Å². The van der Waals surface area contributed by atoms with Gasteiger partial charge in [-0.1, -0.05) is 29.8 Å². The van der Waals surface area contributed by atoms with Crippen LogP contribution in [0.1, 0.15) is 6.92 Å². The Labute approximate surface area is 160 Å². The maximum Gasteiger partial charge on any atom is 0.237 e. The molecule has 1 atom stereocenters. The first-order valence-electron chi connectivity index (χ1n) is 8.24. The number of hydrogen-bond acceptors (Lipinski definition) is 3. The SMILES string of the molecule is C[C@H](Sc1ccc(Cl)cc1)C(=O)Nc1ccc2c(c1)oc1ccccc12. The van der Waals surface area contributed by atoms with Crippen LogP contribution in [-0.4, -0.2) is 11.2 Å². The zero-order valence-corrected chi connectivity index (χ0v) is 15.6. The highest BCUT2D eigenvalue weighted by molar-refractivity contribution is 8.00. The summed E-state index contributed by atoms with van der Waals surface area (Å²) in [5, 5.41) is 5.54. The maximum absolute atomic E-state index is 12.5. The van der Waals surface area contributed by atoms with Crippen molar-refractivity contribution in [1.29, 1.82) is 0 Å². The molecule has 0 aliphatic rings. The zero-order valence-electron chi connectivity index (χ0n) is 14.0. The summed E-state index contributed by atoms with van der Waals surface area (Å²) in [6.45, 7) is 1.88. The van der Waals surface area contributed by atoms with Crippen molar-refractivity contribution in [3.05, 3.63) is 71.8 Å². The standard InChI is InChI=1S/C21H16ClNO2S/c1-13(26-16-9-6-14(22)7-10-16)21(24)23-15-8-11-18-17-4-2-3-5-19(17)25-20(18)12-15/h2-13H,1H3,(H,23,24)/t13-/m0/s1. The predicted octanol–water partition coefficient (Wildman–Crippen LogP) is 6.36. The van der Waals surface area contributed by atoms with E-state index in [0.717, 1.165) is 32.5 Å². The van der Waals surface area contributed by atoms with Gasteiger partial charge in [0.1, 0.15) is 11.2 Å².